The second-order valence-corrected chi connectivity index (χ2v) is 6.82. The fourth-order valence-electron chi connectivity index (χ4n) is 2.10. The first-order chi connectivity index (χ1) is 12.3. The van der Waals surface area contributed by atoms with Crippen molar-refractivity contribution in [1.82, 2.24) is 0 Å². The maximum Gasteiger partial charge on any atom is 0.268 e. The van der Waals surface area contributed by atoms with Crippen LogP contribution in [0.15, 0.2) is 42.5 Å². The molecule has 7 heteroatoms. The maximum atomic E-state index is 12.7. The molecule has 26 heavy (non-hydrogen) atoms. The van der Waals surface area contributed by atoms with Crippen molar-refractivity contribution in [3.8, 4) is 11.5 Å². The summed E-state index contributed by atoms with van der Waals surface area (Å²) in [4.78, 5) is 12.7. The lowest BCUT2D eigenvalue weighted by molar-refractivity contribution is -0.128. The largest absolute Gasteiger partial charge is 0.487 e. The molecule has 2 aromatic rings. The summed E-state index contributed by atoms with van der Waals surface area (Å²) in [5.74, 6) is 0.588. The molecule has 0 radical (unpaired) electrons. The third kappa shape index (κ3) is 5.53. The Morgan fingerprint density at radius 1 is 1.08 bits per heavy atom. The summed E-state index contributed by atoms with van der Waals surface area (Å²) in [6.45, 7) is 4.07. The molecule has 1 N–H and O–H groups in total. The van der Waals surface area contributed by atoms with E-state index in [1.807, 2.05) is 0 Å². The van der Waals surface area contributed by atoms with E-state index in [4.69, 9.17) is 37.4 Å². The molecule has 2 rings (SSSR count). The van der Waals surface area contributed by atoms with Crippen molar-refractivity contribution in [2.24, 2.45) is 0 Å². The van der Waals surface area contributed by atoms with Crippen LogP contribution in [0.5, 0.6) is 11.5 Å². The van der Waals surface area contributed by atoms with Crippen molar-refractivity contribution in [1.29, 1.82) is 0 Å². The standard InChI is InChI=1S/C19H21Cl2NO4/c1-19(2,26-14-9-7-13(20)8-10-14)18(23)22-16-6-4-5-15(21)17(16)25-12-11-24-3/h4-10H,11-12H2,1-3H3,(H,22,23). The molecule has 0 aromatic heterocycles. The Bertz CT molecular complexity index is 748. The molecule has 140 valence electrons. The van der Waals surface area contributed by atoms with Gasteiger partial charge < -0.3 is 19.5 Å². The number of carbonyl (C=O) groups is 1. The third-order valence-electron chi connectivity index (χ3n) is 3.48. The van der Waals surface area contributed by atoms with Crippen LogP contribution in [0.2, 0.25) is 10.0 Å². The number of ether oxygens (including phenoxy) is 3. The molecule has 0 unspecified atom stereocenters. The van der Waals surface area contributed by atoms with Crippen molar-refractivity contribution in [3.05, 3.63) is 52.5 Å². The van der Waals surface area contributed by atoms with E-state index in [2.05, 4.69) is 5.32 Å². The first-order valence-corrected chi connectivity index (χ1v) is 8.75. The molecule has 5 nitrogen and oxygen atoms in total. The molecule has 0 heterocycles. The van der Waals surface area contributed by atoms with Crippen LogP contribution in [0.3, 0.4) is 0 Å². The van der Waals surface area contributed by atoms with Crippen LogP contribution in [-0.4, -0.2) is 31.8 Å². The maximum absolute atomic E-state index is 12.7. The summed E-state index contributed by atoms with van der Waals surface area (Å²) >= 11 is 12.1. The minimum atomic E-state index is -1.13. The van der Waals surface area contributed by atoms with Crippen LogP contribution in [-0.2, 0) is 9.53 Å². The van der Waals surface area contributed by atoms with Crippen molar-refractivity contribution < 1.29 is 19.0 Å². The molecule has 0 aliphatic rings. The molecule has 0 fully saturated rings. The number of halogens is 2. The van der Waals surface area contributed by atoms with Gasteiger partial charge in [0.25, 0.3) is 5.91 Å². The first-order valence-electron chi connectivity index (χ1n) is 8.00. The Balaban J connectivity index is 2.12. The van der Waals surface area contributed by atoms with Crippen molar-refractivity contribution in [3.63, 3.8) is 0 Å². The van der Waals surface area contributed by atoms with Crippen LogP contribution in [0.25, 0.3) is 0 Å². The van der Waals surface area contributed by atoms with Crippen LogP contribution in [0, 0.1) is 0 Å². The predicted molar refractivity (Wildman–Crippen MR) is 104 cm³/mol. The SMILES string of the molecule is COCCOc1c(Cl)cccc1NC(=O)C(C)(C)Oc1ccc(Cl)cc1. The van der Waals surface area contributed by atoms with E-state index >= 15 is 0 Å². The van der Waals surface area contributed by atoms with Crippen LogP contribution in [0.1, 0.15) is 13.8 Å². The predicted octanol–water partition coefficient (Wildman–Crippen LogP) is 4.81. The fourth-order valence-corrected chi connectivity index (χ4v) is 2.45. The zero-order valence-electron chi connectivity index (χ0n) is 14.8. The van der Waals surface area contributed by atoms with Crippen LogP contribution in [0.4, 0.5) is 5.69 Å². The van der Waals surface area contributed by atoms with Crippen LogP contribution < -0.4 is 14.8 Å². The van der Waals surface area contributed by atoms with E-state index in [1.54, 1.807) is 63.4 Å². The van der Waals surface area contributed by atoms with E-state index < -0.39 is 5.60 Å². The molecule has 0 aliphatic heterocycles. The Hall–Kier alpha value is -1.95. The summed E-state index contributed by atoms with van der Waals surface area (Å²) in [5, 5.41) is 3.80. The minimum absolute atomic E-state index is 0.313. The van der Waals surface area contributed by atoms with Crippen molar-refractivity contribution in [2.75, 3.05) is 25.6 Å². The highest BCUT2D eigenvalue weighted by Crippen LogP contribution is 2.33. The average molecular weight is 398 g/mol. The van der Waals surface area contributed by atoms with E-state index in [0.717, 1.165) is 0 Å². The number of nitrogens with one attached hydrogen (secondary N) is 1. The van der Waals surface area contributed by atoms with Gasteiger partial charge in [0.15, 0.2) is 11.4 Å². The number of hydrogen-bond acceptors (Lipinski definition) is 4. The van der Waals surface area contributed by atoms with Gasteiger partial charge in [-0.25, -0.2) is 0 Å². The van der Waals surface area contributed by atoms with Gasteiger partial charge in [0.2, 0.25) is 0 Å². The molecule has 0 spiro atoms. The molecule has 0 atom stereocenters. The van der Waals surface area contributed by atoms with E-state index in [9.17, 15) is 4.79 Å². The second-order valence-electron chi connectivity index (χ2n) is 5.98. The van der Waals surface area contributed by atoms with Gasteiger partial charge in [0.1, 0.15) is 12.4 Å². The molecule has 0 saturated heterocycles. The first kappa shape index (κ1) is 20.4. The summed E-state index contributed by atoms with van der Waals surface area (Å²) < 4.78 is 16.4. The number of carbonyl (C=O) groups excluding carboxylic acids is 1. The number of para-hydroxylation sites is 1. The second kappa shape index (κ2) is 9.12. The van der Waals surface area contributed by atoms with E-state index in [0.29, 0.717) is 40.4 Å². The lowest BCUT2D eigenvalue weighted by Crippen LogP contribution is -2.42. The number of benzene rings is 2. The number of rotatable bonds is 8. The van der Waals surface area contributed by atoms with Gasteiger partial charge in [0.05, 0.1) is 17.3 Å². The molecular weight excluding hydrogens is 377 g/mol. The Kier molecular flexibility index (Phi) is 7.14. The fraction of sp³-hybridized carbons (Fsp3) is 0.316. The number of amides is 1. The molecule has 1 amide bonds. The molecule has 2 aromatic carbocycles. The quantitative estimate of drug-likeness (QED) is 0.648. The van der Waals surface area contributed by atoms with Gasteiger partial charge >= 0.3 is 0 Å². The summed E-state index contributed by atoms with van der Waals surface area (Å²) in [6, 6.07) is 11.9. The zero-order chi connectivity index (χ0) is 19.2. The summed E-state index contributed by atoms with van der Waals surface area (Å²) in [6.07, 6.45) is 0. The lowest BCUT2D eigenvalue weighted by Gasteiger charge is -2.26. The molecule has 0 aliphatic carbocycles. The van der Waals surface area contributed by atoms with Gasteiger partial charge in [-0.2, -0.15) is 0 Å². The van der Waals surface area contributed by atoms with Gasteiger partial charge in [-0.3, -0.25) is 4.79 Å². The highest BCUT2D eigenvalue weighted by atomic mass is 35.5. The van der Waals surface area contributed by atoms with Gasteiger partial charge in [-0.1, -0.05) is 29.3 Å². The highest BCUT2D eigenvalue weighted by molar-refractivity contribution is 6.32. The number of hydrogen-bond donors (Lipinski definition) is 1. The smallest absolute Gasteiger partial charge is 0.268 e. The van der Waals surface area contributed by atoms with E-state index in [1.165, 1.54) is 0 Å². The number of anilines is 1. The zero-order valence-corrected chi connectivity index (χ0v) is 16.4. The van der Waals surface area contributed by atoms with Gasteiger partial charge in [-0.15, -0.1) is 0 Å². The Morgan fingerprint density at radius 3 is 2.42 bits per heavy atom. The van der Waals surface area contributed by atoms with Crippen molar-refractivity contribution >= 4 is 34.8 Å². The third-order valence-corrected chi connectivity index (χ3v) is 4.03. The Morgan fingerprint density at radius 2 is 1.77 bits per heavy atom. The molecular formula is C19H21Cl2NO4. The molecule has 0 saturated carbocycles. The molecule has 0 bridgehead atoms. The van der Waals surface area contributed by atoms with Crippen LogP contribution >= 0.6 is 23.2 Å². The van der Waals surface area contributed by atoms with Gasteiger partial charge in [0, 0.05) is 12.1 Å². The average Bonchev–Trinajstić information content (AvgIpc) is 2.59. The highest BCUT2D eigenvalue weighted by Gasteiger charge is 2.31. The summed E-state index contributed by atoms with van der Waals surface area (Å²) in [7, 11) is 1.58. The summed E-state index contributed by atoms with van der Waals surface area (Å²) in [5.41, 5.74) is -0.661. The monoisotopic (exact) mass is 397 g/mol. The Labute approximate surface area is 163 Å². The lowest BCUT2D eigenvalue weighted by atomic mass is 10.1. The number of methoxy groups -OCH3 is 1. The van der Waals surface area contributed by atoms with Crippen molar-refractivity contribution in [2.45, 2.75) is 19.4 Å². The van der Waals surface area contributed by atoms with E-state index in [-0.39, 0.29) is 5.91 Å². The normalized spacial score (nSPS) is 11.1. The minimum Gasteiger partial charge on any atom is -0.487 e. The van der Waals surface area contributed by atoms with Gasteiger partial charge in [-0.05, 0) is 50.2 Å². The topological polar surface area (TPSA) is 56.8 Å².